The summed E-state index contributed by atoms with van der Waals surface area (Å²) in [5, 5.41) is 11.6. The first-order valence-electron chi connectivity index (χ1n) is 7.30. The van der Waals surface area contributed by atoms with Crippen LogP contribution in [0.2, 0.25) is 0 Å². The number of aromatic nitrogens is 2. The first kappa shape index (κ1) is 15.5. The van der Waals surface area contributed by atoms with E-state index in [4.69, 9.17) is 0 Å². The largest absolute Gasteiger partial charge is 0.348 e. The number of carbonyl (C=O) groups excluding carboxylic acids is 1. The molecule has 0 fully saturated rings. The summed E-state index contributed by atoms with van der Waals surface area (Å²) in [7, 11) is 3.51. The van der Waals surface area contributed by atoms with E-state index in [1.165, 1.54) is 11.8 Å². The van der Waals surface area contributed by atoms with E-state index in [1.807, 2.05) is 54.6 Å². The Morgan fingerprint density at radius 3 is 2.30 bits per heavy atom. The molecule has 0 bridgehead atoms. The lowest BCUT2D eigenvalue weighted by atomic mass is 10.1. The fourth-order valence-corrected chi connectivity index (χ4v) is 3.20. The van der Waals surface area contributed by atoms with Gasteiger partial charge in [0.25, 0.3) is 0 Å². The summed E-state index contributed by atoms with van der Waals surface area (Å²) in [5.41, 5.74) is 1.90. The third-order valence-electron chi connectivity index (χ3n) is 3.53. The standard InChI is InChI=1S/C18H17N3OS/c1-21(2)16(22)12-23-18-15-11-7-6-10-14(15)17(19-20-18)13-8-4-3-5-9-13/h3-11H,12H2,1-2H3. The number of carbonyl (C=O) groups is 1. The van der Waals surface area contributed by atoms with Crippen molar-refractivity contribution in [3.63, 3.8) is 0 Å². The smallest absolute Gasteiger partial charge is 0.232 e. The maximum Gasteiger partial charge on any atom is 0.232 e. The normalized spacial score (nSPS) is 10.7. The lowest BCUT2D eigenvalue weighted by Gasteiger charge is -2.11. The number of thioether (sulfide) groups is 1. The molecule has 0 spiro atoms. The quantitative estimate of drug-likeness (QED) is 0.690. The van der Waals surface area contributed by atoms with Gasteiger partial charge in [-0.3, -0.25) is 4.79 Å². The third-order valence-corrected chi connectivity index (χ3v) is 4.50. The van der Waals surface area contributed by atoms with Crippen LogP contribution < -0.4 is 0 Å². The minimum Gasteiger partial charge on any atom is -0.348 e. The van der Waals surface area contributed by atoms with Gasteiger partial charge in [0.15, 0.2) is 0 Å². The van der Waals surface area contributed by atoms with E-state index < -0.39 is 0 Å². The van der Waals surface area contributed by atoms with Crippen LogP contribution >= 0.6 is 11.8 Å². The summed E-state index contributed by atoms with van der Waals surface area (Å²) in [4.78, 5) is 13.4. The second kappa shape index (κ2) is 6.79. The molecule has 116 valence electrons. The van der Waals surface area contributed by atoms with E-state index in [-0.39, 0.29) is 5.91 Å². The van der Waals surface area contributed by atoms with Crippen molar-refractivity contribution in [1.29, 1.82) is 0 Å². The summed E-state index contributed by atoms with van der Waals surface area (Å²) in [6.07, 6.45) is 0. The Bertz CT molecular complexity index is 834. The molecule has 0 unspecified atom stereocenters. The second-order valence-corrected chi connectivity index (χ2v) is 6.31. The molecule has 1 aromatic heterocycles. The van der Waals surface area contributed by atoms with Crippen molar-refractivity contribution in [1.82, 2.24) is 15.1 Å². The molecule has 1 heterocycles. The molecule has 0 atom stereocenters. The van der Waals surface area contributed by atoms with Crippen molar-refractivity contribution in [2.75, 3.05) is 19.8 Å². The second-order valence-electron chi connectivity index (χ2n) is 5.34. The van der Waals surface area contributed by atoms with Crippen molar-refractivity contribution < 1.29 is 4.79 Å². The first-order chi connectivity index (χ1) is 11.2. The zero-order valence-corrected chi connectivity index (χ0v) is 13.9. The molecule has 0 aliphatic rings. The minimum absolute atomic E-state index is 0.0630. The van der Waals surface area contributed by atoms with Crippen LogP contribution in [0.25, 0.3) is 22.0 Å². The average molecular weight is 323 g/mol. The SMILES string of the molecule is CN(C)C(=O)CSc1nnc(-c2ccccc2)c2ccccc12. The Kier molecular flexibility index (Phi) is 4.57. The van der Waals surface area contributed by atoms with Gasteiger partial charge in [-0.15, -0.1) is 10.2 Å². The van der Waals surface area contributed by atoms with Gasteiger partial charge in [-0.05, 0) is 0 Å². The molecule has 0 aliphatic carbocycles. The maximum absolute atomic E-state index is 11.8. The van der Waals surface area contributed by atoms with E-state index in [2.05, 4.69) is 10.2 Å². The topological polar surface area (TPSA) is 46.1 Å². The molecule has 0 N–H and O–H groups in total. The highest BCUT2D eigenvalue weighted by Crippen LogP contribution is 2.31. The highest BCUT2D eigenvalue weighted by atomic mass is 32.2. The lowest BCUT2D eigenvalue weighted by molar-refractivity contribution is -0.125. The Morgan fingerprint density at radius 2 is 1.61 bits per heavy atom. The van der Waals surface area contributed by atoms with Gasteiger partial charge in [0.05, 0.1) is 5.75 Å². The number of rotatable bonds is 4. The van der Waals surface area contributed by atoms with Gasteiger partial charge in [0.1, 0.15) is 10.7 Å². The maximum atomic E-state index is 11.8. The van der Waals surface area contributed by atoms with E-state index in [0.717, 1.165) is 27.1 Å². The summed E-state index contributed by atoms with van der Waals surface area (Å²) in [6, 6.07) is 18.1. The molecule has 1 amide bonds. The fraction of sp³-hybridized carbons (Fsp3) is 0.167. The number of nitrogens with zero attached hydrogens (tertiary/aromatic N) is 3. The Balaban J connectivity index is 2.01. The predicted octanol–water partition coefficient (Wildman–Crippen LogP) is 3.48. The van der Waals surface area contributed by atoms with Crippen molar-refractivity contribution in [2.45, 2.75) is 5.03 Å². The van der Waals surface area contributed by atoms with Gasteiger partial charge in [-0.1, -0.05) is 66.4 Å². The fourth-order valence-electron chi connectivity index (χ4n) is 2.25. The van der Waals surface area contributed by atoms with E-state index in [1.54, 1.807) is 19.0 Å². The molecule has 3 rings (SSSR count). The predicted molar refractivity (Wildman–Crippen MR) is 94.4 cm³/mol. The van der Waals surface area contributed by atoms with Crippen LogP contribution in [0.4, 0.5) is 0 Å². The van der Waals surface area contributed by atoms with Crippen molar-refractivity contribution in [3.8, 4) is 11.3 Å². The summed E-state index contributed by atoms with van der Waals surface area (Å²) in [5.74, 6) is 0.420. The molecular formula is C18H17N3OS. The van der Waals surface area contributed by atoms with Gasteiger partial charge in [0, 0.05) is 30.4 Å². The Hall–Kier alpha value is -2.40. The highest BCUT2D eigenvalue weighted by Gasteiger charge is 2.13. The number of hydrogen-bond donors (Lipinski definition) is 0. The van der Waals surface area contributed by atoms with Crippen LogP contribution in [0.5, 0.6) is 0 Å². The van der Waals surface area contributed by atoms with Gasteiger partial charge >= 0.3 is 0 Å². The molecule has 0 saturated carbocycles. The van der Waals surface area contributed by atoms with Crippen molar-refractivity contribution in [3.05, 3.63) is 54.6 Å². The first-order valence-corrected chi connectivity index (χ1v) is 8.29. The third kappa shape index (κ3) is 3.35. The number of amides is 1. The highest BCUT2D eigenvalue weighted by molar-refractivity contribution is 8.00. The molecule has 2 aromatic carbocycles. The number of fused-ring (bicyclic) bond motifs is 1. The van der Waals surface area contributed by atoms with Crippen LogP contribution in [0, 0.1) is 0 Å². The van der Waals surface area contributed by atoms with Gasteiger partial charge < -0.3 is 4.90 Å². The zero-order valence-electron chi connectivity index (χ0n) is 13.1. The van der Waals surface area contributed by atoms with E-state index in [0.29, 0.717) is 5.75 Å². The van der Waals surface area contributed by atoms with Crippen molar-refractivity contribution in [2.24, 2.45) is 0 Å². The molecule has 4 nitrogen and oxygen atoms in total. The lowest BCUT2D eigenvalue weighted by Crippen LogP contribution is -2.23. The van der Waals surface area contributed by atoms with Crippen LogP contribution in [-0.4, -0.2) is 40.9 Å². The summed E-state index contributed by atoms with van der Waals surface area (Å²) in [6.45, 7) is 0. The van der Waals surface area contributed by atoms with E-state index >= 15 is 0 Å². The van der Waals surface area contributed by atoms with Gasteiger partial charge in [-0.2, -0.15) is 0 Å². The summed E-state index contributed by atoms with van der Waals surface area (Å²) >= 11 is 1.43. The molecule has 0 saturated heterocycles. The molecule has 3 aromatic rings. The van der Waals surface area contributed by atoms with Gasteiger partial charge in [-0.25, -0.2) is 0 Å². The van der Waals surface area contributed by atoms with Gasteiger partial charge in [0.2, 0.25) is 5.91 Å². The zero-order chi connectivity index (χ0) is 16.2. The van der Waals surface area contributed by atoms with Crippen LogP contribution in [-0.2, 0) is 4.79 Å². The number of benzene rings is 2. The molecule has 5 heteroatoms. The average Bonchev–Trinajstić information content (AvgIpc) is 2.60. The summed E-state index contributed by atoms with van der Waals surface area (Å²) < 4.78 is 0. The molecule has 0 aliphatic heterocycles. The minimum atomic E-state index is 0.0630. The van der Waals surface area contributed by atoms with E-state index in [9.17, 15) is 4.79 Å². The number of hydrogen-bond acceptors (Lipinski definition) is 4. The molecule has 0 radical (unpaired) electrons. The Labute approximate surface area is 139 Å². The van der Waals surface area contributed by atoms with Crippen LogP contribution in [0.15, 0.2) is 59.6 Å². The Morgan fingerprint density at radius 1 is 0.957 bits per heavy atom. The molecular weight excluding hydrogens is 306 g/mol. The monoisotopic (exact) mass is 323 g/mol. The molecule has 23 heavy (non-hydrogen) atoms. The van der Waals surface area contributed by atoms with Crippen LogP contribution in [0.1, 0.15) is 0 Å². The van der Waals surface area contributed by atoms with Crippen LogP contribution in [0.3, 0.4) is 0 Å². The van der Waals surface area contributed by atoms with Crippen molar-refractivity contribution >= 4 is 28.4 Å².